The van der Waals surface area contributed by atoms with Gasteiger partial charge in [-0.2, -0.15) is 0 Å². The van der Waals surface area contributed by atoms with Gasteiger partial charge in [-0.15, -0.1) is 0 Å². The Morgan fingerprint density at radius 2 is 0.636 bits per heavy atom. The number of rotatable bonds is 8. The molecule has 3 heteroatoms. The summed E-state index contributed by atoms with van der Waals surface area (Å²) in [5, 5.41) is 0. The van der Waals surface area contributed by atoms with E-state index in [-0.39, 0.29) is 23.7 Å². The molecule has 0 fully saturated rings. The molecule has 0 atom stereocenters. The van der Waals surface area contributed by atoms with E-state index in [2.05, 4.69) is 107 Å². The van der Waals surface area contributed by atoms with Crippen molar-refractivity contribution >= 4 is 26.5 Å². The van der Waals surface area contributed by atoms with Crippen LogP contribution in [0.5, 0.6) is 0 Å². The van der Waals surface area contributed by atoms with Crippen molar-refractivity contribution in [3.05, 3.63) is 57.6 Å². The molecule has 0 nitrogen and oxygen atoms in total. The molecule has 0 aliphatic rings. The van der Waals surface area contributed by atoms with Gasteiger partial charge in [0, 0.05) is 0 Å². The van der Waals surface area contributed by atoms with Gasteiger partial charge < -0.3 is 0 Å². The van der Waals surface area contributed by atoms with Crippen LogP contribution in [0.1, 0.15) is 152 Å². The van der Waals surface area contributed by atoms with Crippen LogP contribution in [0.2, 0.25) is 0 Å². The van der Waals surface area contributed by atoms with Gasteiger partial charge in [-0.1, -0.05) is 0 Å². The first kappa shape index (κ1) is 28.3. The Morgan fingerprint density at radius 1 is 0.424 bits per heavy atom. The first-order valence-corrected chi connectivity index (χ1v) is 16.8. The molecule has 0 spiro atoms. The van der Waals surface area contributed by atoms with Crippen molar-refractivity contribution in [1.29, 1.82) is 0 Å². The van der Waals surface area contributed by atoms with E-state index in [9.17, 15) is 0 Å². The molecule has 33 heavy (non-hydrogen) atoms. The maximum atomic E-state index is 17.2. The van der Waals surface area contributed by atoms with E-state index in [0.29, 0.717) is 19.1 Å². The van der Waals surface area contributed by atoms with Crippen LogP contribution in [0, 0.1) is 0 Å². The molecule has 0 heterocycles. The summed E-state index contributed by atoms with van der Waals surface area (Å²) in [5.74, 6) is 0.889. The van der Waals surface area contributed by atoms with Gasteiger partial charge >= 0.3 is 209 Å². The van der Waals surface area contributed by atoms with E-state index < -0.39 is 19.3 Å². The molecule has 186 valence electrons. The number of hydrogen-bond donors (Lipinski definition) is 0. The zero-order valence-electron chi connectivity index (χ0n) is 22.9. The molecule has 0 amide bonds. The molecule has 2 rings (SSSR count). The summed E-state index contributed by atoms with van der Waals surface area (Å²) in [6, 6.07) is 8.34. The molecule has 0 aliphatic carbocycles. The number of benzene rings is 2. The van der Waals surface area contributed by atoms with E-state index in [1.165, 1.54) is 11.1 Å². The molecular weight excluding hydrogens is 526 g/mol. The first-order chi connectivity index (χ1) is 15.1. The van der Waals surface area contributed by atoms with E-state index in [0.717, 1.165) is 22.3 Å². The van der Waals surface area contributed by atoms with Crippen molar-refractivity contribution in [2.24, 2.45) is 0 Å². The SMILES string of the molecule is CC(C)c1cc(C(C)C)c([Te](F)(F)c2c(C(C)C)cc(C(C)C)cc2C(C)C)c(C(C)C)c1. The maximum absolute atomic E-state index is 17.2. The Kier molecular flexibility index (Phi) is 9.26. The van der Waals surface area contributed by atoms with Gasteiger partial charge in [-0.25, -0.2) is 0 Å². The van der Waals surface area contributed by atoms with E-state index in [1.807, 2.05) is 0 Å². The fourth-order valence-electron chi connectivity index (χ4n) is 4.47. The first-order valence-electron chi connectivity index (χ1n) is 12.7. The van der Waals surface area contributed by atoms with Crippen LogP contribution in [0.25, 0.3) is 0 Å². The van der Waals surface area contributed by atoms with Crippen LogP contribution < -0.4 is 7.22 Å². The average molecular weight is 572 g/mol. The molecule has 0 N–H and O–H groups in total. The second-order valence-corrected chi connectivity index (χ2v) is 16.5. The van der Waals surface area contributed by atoms with Crippen molar-refractivity contribution < 1.29 is 5.78 Å². The normalized spacial score (nSPS) is 13.5. The Bertz CT molecular complexity index is 830. The average Bonchev–Trinajstić information content (AvgIpc) is 2.71. The van der Waals surface area contributed by atoms with Gasteiger partial charge in [-0.05, 0) is 0 Å². The third-order valence-electron chi connectivity index (χ3n) is 6.67. The Labute approximate surface area is 207 Å². The Morgan fingerprint density at radius 3 is 0.788 bits per heavy atom. The van der Waals surface area contributed by atoms with Crippen molar-refractivity contribution in [3.63, 3.8) is 0 Å². The predicted octanol–water partition coefficient (Wildman–Crippen LogP) is 8.92. The van der Waals surface area contributed by atoms with Crippen LogP contribution in [-0.4, -0.2) is 19.3 Å². The topological polar surface area (TPSA) is 0 Å². The minimum atomic E-state index is -5.71. The zero-order valence-corrected chi connectivity index (χ0v) is 25.3. The number of hydrogen-bond acceptors (Lipinski definition) is 0. The molecule has 2 aromatic carbocycles. The zero-order chi connectivity index (χ0) is 25.4. The molecule has 0 saturated carbocycles. The minimum absolute atomic E-state index is 0.0633. The van der Waals surface area contributed by atoms with Gasteiger partial charge in [0.1, 0.15) is 0 Å². The second kappa shape index (κ2) is 10.8. The predicted molar refractivity (Wildman–Crippen MR) is 145 cm³/mol. The summed E-state index contributed by atoms with van der Waals surface area (Å²) in [6.45, 7) is 25.2. The number of halogens is 2. The van der Waals surface area contributed by atoms with Crippen LogP contribution in [-0.2, 0) is 0 Å². The summed E-state index contributed by atoms with van der Waals surface area (Å²) >= 11 is -5.71. The van der Waals surface area contributed by atoms with Gasteiger partial charge in [0.2, 0.25) is 0 Å². The fourth-order valence-corrected chi connectivity index (χ4v) is 11.8. The second-order valence-electron chi connectivity index (χ2n) is 11.5. The third-order valence-corrected chi connectivity index (χ3v) is 12.3. The molecule has 0 unspecified atom stereocenters. The van der Waals surface area contributed by atoms with Gasteiger partial charge in [0.05, 0.1) is 0 Å². The molecule has 0 aromatic heterocycles. The molecule has 2 aromatic rings. The standard InChI is InChI=1S/C30H46F2Te/c1-17(2)23-13-25(19(5)6)29(26(14-23)20(7)8)33(31,32)30-27(21(9)10)15-24(18(3)4)16-28(30)22(11)12/h13-22H,1-12H3. The van der Waals surface area contributed by atoms with Crippen LogP contribution in [0.3, 0.4) is 0 Å². The Hall–Kier alpha value is -0.910. The van der Waals surface area contributed by atoms with Crippen LogP contribution >= 0.6 is 0 Å². The summed E-state index contributed by atoms with van der Waals surface area (Å²) in [4.78, 5) is 0. The third kappa shape index (κ3) is 5.84. The summed E-state index contributed by atoms with van der Waals surface area (Å²) in [6.07, 6.45) is 0. The van der Waals surface area contributed by atoms with Crippen molar-refractivity contribution in [3.8, 4) is 0 Å². The monoisotopic (exact) mass is 574 g/mol. The summed E-state index contributed by atoms with van der Waals surface area (Å²) in [5.41, 5.74) is 5.82. The van der Waals surface area contributed by atoms with Crippen molar-refractivity contribution in [2.45, 2.75) is 119 Å². The van der Waals surface area contributed by atoms with E-state index >= 15 is 5.78 Å². The fraction of sp³-hybridized carbons (Fsp3) is 0.600. The quantitative estimate of drug-likeness (QED) is 0.277. The van der Waals surface area contributed by atoms with Crippen LogP contribution in [0.4, 0.5) is 5.78 Å². The van der Waals surface area contributed by atoms with E-state index in [1.54, 1.807) is 0 Å². The van der Waals surface area contributed by atoms with E-state index in [4.69, 9.17) is 0 Å². The van der Waals surface area contributed by atoms with Gasteiger partial charge in [0.15, 0.2) is 0 Å². The van der Waals surface area contributed by atoms with Crippen LogP contribution in [0.15, 0.2) is 24.3 Å². The molecule has 0 radical (unpaired) electrons. The molecular formula is C30H46F2Te. The van der Waals surface area contributed by atoms with Crippen molar-refractivity contribution in [1.82, 2.24) is 0 Å². The molecule has 0 bridgehead atoms. The Balaban J connectivity index is 3.06. The molecule has 0 aliphatic heterocycles. The molecule has 0 saturated heterocycles. The van der Waals surface area contributed by atoms with Gasteiger partial charge in [-0.3, -0.25) is 0 Å². The summed E-state index contributed by atoms with van der Waals surface area (Å²) in [7, 11) is 0. The van der Waals surface area contributed by atoms with Crippen molar-refractivity contribution in [2.75, 3.05) is 0 Å². The summed E-state index contributed by atoms with van der Waals surface area (Å²) < 4.78 is 35.3. The van der Waals surface area contributed by atoms with Gasteiger partial charge in [0.25, 0.3) is 0 Å².